The van der Waals surface area contributed by atoms with Crippen LogP contribution in [0.15, 0.2) is 5.38 Å². The van der Waals surface area contributed by atoms with Gasteiger partial charge in [-0.3, -0.25) is 4.79 Å². The first-order valence-electron chi connectivity index (χ1n) is 8.66. The highest BCUT2D eigenvalue weighted by molar-refractivity contribution is 7.13. The normalized spacial score (nSPS) is 18.1. The smallest absolute Gasteiger partial charge is 0.317 e. The number of likely N-dealkylation sites (tertiary alicyclic amines) is 1. The number of aromatic nitrogens is 1. The number of amides is 3. The molecule has 24 heavy (non-hydrogen) atoms. The number of piperidine rings is 1. The van der Waals surface area contributed by atoms with E-state index in [0.29, 0.717) is 36.6 Å². The van der Waals surface area contributed by atoms with Crippen molar-refractivity contribution in [3.8, 4) is 0 Å². The lowest BCUT2D eigenvalue weighted by Crippen LogP contribution is -2.48. The van der Waals surface area contributed by atoms with Gasteiger partial charge >= 0.3 is 6.03 Å². The summed E-state index contributed by atoms with van der Waals surface area (Å²) in [6.45, 7) is 10.1. The van der Waals surface area contributed by atoms with Crippen LogP contribution in [0.2, 0.25) is 0 Å². The van der Waals surface area contributed by atoms with E-state index < -0.39 is 0 Å². The Hall–Kier alpha value is -1.63. The van der Waals surface area contributed by atoms with Crippen molar-refractivity contribution in [3.05, 3.63) is 11.1 Å². The number of hydrogen-bond donors (Lipinski definition) is 2. The maximum Gasteiger partial charge on any atom is 0.317 e. The summed E-state index contributed by atoms with van der Waals surface area (Å²) in [6.07, 6.45) is 1.66. The number of nitrogens with one attached hydrogen (secondary N) is 2. The highest BCUT2D eigenvalue weighted by Crippen LogP contribution is 2.23. The summed E-state index contributed by atoms with van der Waals surface area (Å²) < 4.78 is 0. The Balaban J connectivity index is 1.88. The van der Waals surface area contributed by atoms with Crippen molar-refractivity contribution in [3.63, 3.8) is 0 Å². The second kappa shape index (κ2) is 8.46. The van der Waals surface area contributed by atoms with Crippen LogP contribution in [0.4, 0.5) is 9.93 Å². The second-order valence-electron chi connectivity index (χ2n) is 7.09. The number of carbonyl (C=O) groups excluding carboxylic acids is 2. The summed E-state index contributed by atoms with van der Waals surface area (Å²) in [5.41, 5.74) is 0.994. The van der Waals surface area contributed by atoms with Crippen LogP contribution in [0, 0.1) is 11.8 Å². The molecule has 0 saturated carbocycles. The van der Waals surface area contributed by atoms with Crippen LogP contribution in [0.5, 0.6) is 0 Å². The Morgan fingerprint density at radius 3 is 2.75 bits per heavy atom. The average molecular weight is 353 g/mol. The predicted molar refractivity (Wildman–Crippen MR) is 97.4 cm³/mol. The van der Waals surface area contributed by atoms with E-state index in [0.717, 1.165) is 18.5 Å². The Labute approximate surface area is 148 Å². The Kier molecular flexibility index (Phi) is 6.60. The third-order valence-electron chi connectivity index (χ3n) is 4.08. The second-order valence-corrected chi connectivity index (χ2v) is 7.94. The molecule has 134 valence electrons. The fourth-order valence-electron chi connectivity index (χ4n) is 2.60. The van der Waals surface area contributed by atoms with Crippen LogP contribution in [0.3, 0.4) is 0 Å². The van der Waals surface area contributed by atoms with Crippen LogP contribution in [0.25, 0.3) is 0 Å². The van der Waals surface area contributed by atoms with Gasteiger partial charge in [0.1, 0.15) is 0 Å². The van der Waals surface area contributed by atoms with Crippen LogP contribution >= 0.6 is 11.3 Å². The van der Waals surface area contributed by atoms with E-state index in [1.807, 2.05) is 5.38 Å². The molecule has 7 heteroatoms. The van der Waals surface area contributed by atoms with Gasteiger partial charge in [0.15, 0.2) is 5.13 Å². The van der Waals surface area contributed by atoms with Crippen molar-refractivity contribution in [2.24, 2.45) is 11.8 Å². The minimum absolute atomic E-state index is 0.0407. The van der Waals surface area contributed by atoms with Crippen molar-refractivity contribution < 1.29 is 9.59 Å². The zero-order chi connectivity index (χ0) is 17.7. The molecule has 1 aromatic heterocycles. The van der Waals surface area contributed by atoms with Gasteiger partial charge in [-0.05, 0) is 24.7 Å². The van der Waals surface area contributed by atoms with Gasteiger partial charge in [0.05, 0.1) is 11.6 Å². The molecule has 3 amide bonds. The zero-order valence-corrected chi connectivity index (χ0v) is 15.8. The number of rotatable bonds is 5. The number of thiazole rings is 1. The Bertz CT molecular complexity index is 571. The maximum absolute atomic E-state index is 12.5. The summed E-state index contributed by atoms with van der Waals surface area (Å²) in [6, 6.07) is -0.0717. The molecule has 2 heterocycles. The molecule has 1 aromatic rings. The van der Waals surface area contributed by atoms with Gasteiger partial charge in [-0.25, -0.2) is 9.78 Å². The van der Waals surface area contributed by atoms with Crippen LogP contribution in [0.1, 0.15) is 52.1 Å². The molecule has 1 aliphatic heterocycles. The van der Waals surface area contributed by atoms with Crippen LogP contribution in [-0.4, -0.2) is 41.5 Å². The summed E-state index contributed by atoms with van der Waals surface area (Å²) in [4.78, 5) is 30.8. The molecule has 0 unspecified atom stereocenters. The van der Waals surface area contributed by atoms with Crippen LogP contribution in [-0.2, 0) is 4.79 Å². The first-order chi connectivity index (χ1) is 11.4. The zero-order valence-electron chi connectivity index (χ0n) is 15.0. The molecule has 6 nitrogen and oxygen atoms in total. The molecule has 0 aromatic carbocycles. The summed E-state index contributed by atoms with van der Waals surface area (Å²) in [5.74, 6) is 0.551. The minimum atomic E-state index is -0.171. The van der Waals surface area contributed by atoms with E-state index in [4.69, 9.17) is 0 Å². The van der Waals surface area contributed by atoms with Crippen molar-refractivity contribution in [2.75, 3.05) is 25.0 Å². The van der Waals surface area contributed by atoms with Crippen molar-refractivity contribution in [1.29, 1.82) is 0 Å². The van der Waals surface area contributed by atoms with Crippen LogP contribution < -0.4 is 10.6 Å². The molecular formula is C17H28N4O2S. The standard InChI is InChI=1S/C17H28N4O2S/c1-11(2)8-18-17(23)21-7-5-6-13(9-21)15(22)20-16-19-14(10-24-16)12(3)4/h10-13H,5-9H2,1-4H3,(H,18,23)(H,19,20,22)/t13-/m1/s1. The Morgan fingerprint density at radius 2 is 2.12 bits per heavy atom. The quantitative estimate of drug-likeness (QED) is 0.854. The highest BCUT2D eigenvalue weighted by atomic mass is 32.1. The molecule has 2 rings (SSSR count). The number of urea groups is 1. The fourth-order valence-corrected chi connectivity index (χ4v) is 3.47. The van der Waals surface area contributed by atoms with Crippen molar-refractivity contribution in [2.45, 2.75) is 46.5 Å². The van der Waals surface area contributed by atoms with Gasteiger partial charge < -0.3 is 15.5 Å². The molecule has 2 N–H and O–H groups in total. The van der Waals surface area contributed by atoms with E-state index in [1.165, 1.54) is 11.3 Å². The lowest BCUT2D eigenvalue weighted by atomic mass is 9.97. The van der Waals surface area contributed by atoms with Gasteiger partial charge in [0, 0.05) is 25.0 Å². The molecular weight excluding hydrogens is 324 g/mol. The van der Waals surface area contributed by atoms with Gasteiger partial charge in [0.2, 0.25) is 5.91 Å². The lowest BCUT2D eigenvalue weighted by Gasteiger charge is -2.32. The largest absolute Gasteiger partial charge is 0.338 e. The highest BCUT2D eigenvalue weighted by Gasteiger charge is 2.28. The molecule has 1 aliphatic rings. The topological polar surface area (TPSA) is 74.3 Å². The van der Waals surface area contributed by atoms with E-state index in [1.54, 1.807) is 4.90 Å². The van der Waals surface area contributed by atoms with Gasteiger partial charge in [-0.15, -0.1) is 11.3 Å². The first kappa shape index (κ1) is 18.7. The predicted octanol–water partition coefficient (Wildman–Crippen LogP) is 3.28. The molecule has 1 atom stereocenters. The molecule has 1 saturated heterocycles. The Morgan fingerprint density at radius 1 is 1.38 bits per heavy atom. The van der Waals surface area contributed by atoms with Gasteiger partial charge in [-0.2, -0.15) is 0 Å². The SMILES string of the molecule is CC(C)CNC(=O)N1CCC[C@@H](C(=O)Nc2nc(C(C)C)cs2)C1. The third kappa shape index (κ3) is 5.19. The average Bonchev–Trinajstić information content (AvgIpc) is 3.01. The molecule has 0 aliphatic carbocycles. The van der Waals surface area contributed by atoms with E-state index in [2.05, 4.69) is 43.3 Å². The fraction of sp³-hybridized carbons (Fsp3) is 0.706. The van der Waals surface area contributed by atoms with E-state index in [-0.39, 0.29) is 17.9 Å². The first-order valence-corrected chi connectivity index (χ1v) is 9.53. The molecule has 1 fully saturated rings. The number of hydrogen-bond acceptors (Lipinski definition) is 4. The number of nitrogens with zero attached hydrogens (tertiary/aromatic N) is 2. The third-order valence-corrected chi connectivity index (χ3v) is 4.86. The van der Waals surface area contributed by atoms with Crippen molar-refractivity contribution in [1.82, 2.24) is 15.2 Å². The number of anilines is 1. The minimum Gasteiger partial charge on any atom is -0.338 e. The van der Waals surface area contributed by atoms with Gasteiger partial charge in [-0.1, -0.05) is 27.7 Å². The molecule has 0 radical (unpaired) electrons. The summed E-state index contributed by atoms with van der Waals surface area (Å²) in [5, 5.41) is 8.45. The summed E-state index contributed by atoms with van der Waals surface area (Å²) >= 11 is 1.45. The van der Waals surface area contributed by atoms with Crippen molar-refractivity contribution >= 4 is 28.4 Å². The van der Waals surface area contributed by atoms with E-state index in [9.17, 15) is 9.59 Å². The molecule has 0 bridgehead atoms. The lowest BCUT2D eigenvalue weighted by molar-refractivity contribution is -0.121. The van der Waals surface area contributed by atoms with E-state index >= 15 is 0 Å². The monoisotopic (exact) mass is 352 g/mol. The number of carbonyl (C=O) groups is 2. The molecule has 0 spiro atoms. The van der Waals surface area contributed by atoms with Gasteiger partial charge in [0.25, 0.3) is 0 Å². The summed E-state index contributed by atoms with van der Waals surface area (Å²) in [7, 11) is 0. The maximum atomic E-state index is 12.5.